The second-order valence-electron chi connectivity index (χ2n) is 4.04. The maximum atomic E-state index is 12.0. The molecule has 0 atom stereocenters. The average Bonchev–Trinajstić information content (AvgIpc) is 2.81. The fourth-order valence-corrected chi connectivity index (χ4v) is 2.59. The van der Waals surface area contributed by atoms with E-state index in [1.807, 2.05) is 6.92 Å². The molecular weight excluding hydrogens is 276 g/mol. The number of aryl methyl sites for hydroxylation is 1. The number of carbonyl (C=O) groups is 2. The van der Waals surface area contributed by atoms with Crippen molar-refractivity contribution in [3.63, 3.8) is 0 Å². The SMILES string of the molecule is CCOC(=O)c1sc(NC(=O)c2cccnc2)cc1C. The van der Waals surface area contributed by atoms with Crippen LogP contribution >= 0.6 is 11.3 Å². The van der Waals surface area contributed by atoms with Gasteiger partial charge in [0.25, 0.3) is 5.91 Å². The number of rotatable bonds is 4. The van der Waals surface area contributed by atoms with E-state index in [0.717, 1.165) is 5.56 Å². The molecule has 0 bridgehead atoms. The van der Waals surface area contributed by atoms with E-state index in [1.54, 1.807) is 31.3 Å². The lowest BCUT2D eigenvalue weighted by Crippen LogP contribution is -2.10. The minimum atomic E-state index is -0.364. The van der Waals surface area contributed by atoms with Gasteiger partial charge in [0.15, 0.2) is 0 Å². The molecule has 6 heteroatoms. The van der Waals surface area contributed by atoms with Gasteiger partial charge in [-0.25, -0.2) is 4.79 Å². The Labute approximate surface area is 120 Å². The number of aromatic nitrogens is 1. The van der Waals surface area contributed by atoms with Gasteiger partial charge in [-0.1, -0.05) is 0 Å². The number of pyridine rings is 1. The summed E-state index contributed by atoms with van der Waals surface area (Å²) in [6.45, 7) is 3.89. The van der Waals surface area contributed by atoms with Crippen molar-refractivity contribution < 1.29 is 14.3 Å². The van der Waals surface area contributed by atoms with Gasteiger partial charge in [-0.15, -0.1) is 11.3 Å². The Morgan fingerprint density at radius 3 is 2.90 bits per heavy atom. The highest BCUT2D eigenvalue weighted by Crippen LogP contribution is 2.27. The van der Waals surface area contributed by atoms with Crippen molar-refractivity contribution in [1.29, 1.82) is 0 Å². The van der Waals surface area contributed by atoms with Crippen molar-refractivity contribution in [3.8, 4) is 0 Å². The Bertz CT molecular complexity index is 623. The van der Waals surface area contributed by atoms with Gasteiger partial charge in [-0.05, 0) is 37.6 Å². The number of nitrogens with one attached hydrogen (secondary N) is 1. The van der Waals surface area contributed by atoms with E-state index in [4.69, 9.17) is 4.74 Å². The number of nitrogens with zero attached hydrogens (tertiary/aromatic N) is 1. The summed E-state index contributed by atoms with van der Waals surface area (Å²) >= 11 is 1.20. The van der Waals surface area contributed by atoms with Crippen LogP contribution in [0.5, 0.6) is 0 Å². The summed E-state index contributed by atoms with van der Waals surface area (Å²) in [5, 5.41) is 3.36. The summed E-state index contributed by atoms with van der Waals surface area (Å²) in [5.41, 5.74) is 1.26. The van der Waals surface area contributed by atoms with Crippen LogP contribution in [0, 0.1) is 6.92 Å². The third-order valence-electron chi connectivity index (χ3n) is 2.54. The molecule has 0 aliphatic rings. The second kappa shape index (κ2) is 6.29. The van der Waals surface area contributed by atoms with Gasteiger partial charge in [0.2, 0.25) is 0 Å². The lowest BCUT2D eigenvalue weighted by atomic mass is 10.2. The molecule has 0 fully saturated rings. The lowest BCUT2D eigenvalue weighted by Gasteiger charge is -2.01. The van der Waals surface area contributed by atoms with Gasteiger partial charge in [0.1, 0.15) is 4.88 Å². The smallest absolute Gasteiger partial charge is 0.348 e. The van der Waals surface area contributed by atoms with Gasteiger partial charge in [0.05, 0.1) is 17.2 Å². The van der Waals surface area contributed by atoms with Crippen LogP contribution < -0.4 is 5.32 Å². The van der Waals surface area contributed by atoms with Crippen molar-refractivity contribution in [3.05, 3.63) is 46.6 Å². The standard InChI is InChI=1S/C14H14N2O3S/c1-3-19-14(18)12-9(2)7-11(20-12)16-13(17)10-5-4-6-15-8-10/h4-8H,3H2,1-2H3,(H,16,17). The molecule has 0 saturated heterocycles. The largest absolute Gasteiger partial charge is 0.462 e. The van der Waals surface area contributed by atoms with Crippen molar-refractivity contribution in [2.75, 3.05) is 11.9 Å². The molecule has 0 aromatic carbocycles. The molecule has 2 rings (SSSR count). The third-order valence-corrected chi connectivity index (χ3v) is 3.67. The highest BCUT2D eigenvalue weighted by molar-refractivity contribution is 7.18. The topological polar surface area (TPSA) is 68.3 Å². The van der Waals surface area contributed by atoms with Crippen LogP contribution in [-0.4, -0.2) is 23.5 Å². The summed E-state index contributed by atoms with van der Waals surface area (Å²) < 4.78 is 4.96. The second-order valence-corrected chi connectivity index (χ2v) is 5.09. The molecule has 0 spiro atoms. The zero-order valence-electron chi connectivity index (χ0n) is 11.2. The fourth-order valence-electron chi connectivity index (χ4n) is 1.62. The molecule has 0 radical (unpaired) electrons. The Kier molecular flexibility index (Phi) is 4.47. The summed E-state index contributed by atoms with van der Waals surface area (Å²) in [5.74, 6) is -0.619. The van der Waals surface area contributed by atoms with E-state index >= 15 is 0 Å². The quantitative estimate of drug-likeness (QED) is 0.879. The highest BCUT2D eigenvalue weighted by Gasteiger charge is 2.16. The lowest BCUT2D eigenvalue weighted by molar-refractivity contribution is 0.0531. The van der Waals surface area contributed by atoms with E-state index in [2.05, 4.69) is 10.3 Å². The zero-order valence-corrected chi connectivity index (χ0v) is 12.0. The van der Waals surface area contributed by atoms with Crippen LogP contribution in [0.2, 0.25) is 0 Å². The summed E-state index contributed by atoms with van der Waals surface area (Å²) in [7, 11) is 0. The predicted molar refractivity (Wildman–Crippen MR) is 77.2 cm³/mol. The molecule has 20 heavy (non-hydrogen) atoms. The first-order valence-electron chi connectivity index (χ1n) is 6.10. The number of esters is 1. The van der Waals surface area contributed by atoms with Crippen LogP contribution in [0.25, 0.3) is 0 Å². The summed E-state index contributed by atoms with van der Waals surface area (Å²) in [6.07, 6.45) is 3.09. The molecular formula is C14H14N2O3S. The van der Waals surface area contributed by atoms with Crippen molar-refractivity contribution in [2.24, 2.45) is 0 Å². The van der Waals surface area contributed by atoms with Gasteiger partial charge < -0.3 is 10.1 Å². The normalized spacial score (nSPS) is 10.1. The van der Waals surface area contributed by atoms with E-state index in [-0.39, 0.29) is 11.9 Å². The Morgan fingerprint density at radius 2 is 2.25 bits per heavy atom. The molecule has 0 aliphatic carbocycles. The van der Waals surface area contributed by atoms with E-state index in [1.165, 1.54) is 17.5 Å². The molecule has 2 aromatic rings. The molecule has 0 aliphatic heterocycles. The zero-order chi connectivity index (χ0) is 14.5. The molecule has 1 N–H and O–H groups in total. The number of amides is 1. The minimum Gasteiger partial charge on any atom is -0.462 e. The predicted octanol–water partition coefficient (Wildman–Crippen LogP) is 2.88. The van der Waals surface area contributed by atoms with Crippen LogP contribution in [0.4, 0.5) is 5.00 Å². The molecule has 104 valence electrons. The Balaban J connectivity index is 2.13. The molecule has 2 aromatic heterocycles. The number of hydrogen-bond donors (Lipinski definition) is 1. The molecule has 5 nitrogen and oxygen atoms in total. The van der Waals surface area contributed by atoms with Gasteiger partial charge in [-0.3, -0.25) is 9.78 Å². The van der Waals surface area contributed by atoms with E-state index in [0.29, 0.717) is 22.0 Å². The summed E-state index contributed by atoms with van der Waals surface area (Å²) in [4.78, 5) is 28.1. The van der Waals surface area contributed by atoms with Crippen molar-refractivity contribution in [1.82, 2.24) is 4.98 Å². The summed E-state index contributed by atoms with van der Waals surface area (Å²) in [6, 6.07) is 5.12. The monoisotopic (exact) mass is 290 g/mol. The van der Waals surface area contributed by atoms with Crippen LogP contribution in [0.1, 0.15) is 32.5 Å². The van der Waals surface area contributed by atoms with Gasteiger partial charge in [-0.2, -0.15) is 0 Å². The maximum Gasteiger partial charge on any atom is 0.348 e. The molecule has 0 unspecified atom stereocenters. The molecule has 1 amide bonds. The highest BCUT2D eigenvalue weighted by atomic mass is 32.1. The Hall–Kier alpha value is -2.21. The van der Waals surface area contributed by atoms with Crippen LogP contribution in [-0.2, 0) is 4.74 Å². The first kappa shape index (κ1) is 14.2. The average molecular weight is 290 g/mol. The number of carbonyl (C=O) groups excluding carboxylic acids is 2. The first-order chi connectivity index (χ1) is 9.61. The van der Waals surface area contributed by atoms with Crippen molar-refractivity contribution >= 4 is 28.2 Å². The number of anilines is 1. The Morgan fingerprint density at radius 1 is 1.45 bits per heavy atom. The number of thiophene rings is 1. The van der Waals surface area contributed by atoms with Gasteiger partial charge in [0, 0.05) is 12.4 Å². The number of hydrogen-bond acceptors (Lipinski definition) is 5. The van der Waals surface area contributed by atoms with Crippen molar-refractivity contribution in [2.45, 2.75) is 13.8 Å². The van der Waals surface area contributed by atoms with Crippen LogP contribution in [0.15, 0.2) is 30.6 Å². The number of ether oxygens (including phenoxy) is 1. The minimum absolute atomic E-state index is 0.255. The fraction of sp³-hybridized carbons (Fsp3) is 0.214. The maximum absolute atomic E-state index is 12.0. The third kappa shape index (κ3) is 3.21. The van der Waals surface area contributed by atoms with E-state index in [9.17, 15) is 9.59 Å². The van der Waals surface area contributed by atoms with Crippen LogP contribution in [0.3, 0.4) is 0 Å². The first-order valence-corrected chi connectivity index (χ1v) is 6.92. The molecule has 2 heterocycles. The molecule has 0 saturated carbocycles. The van der Waals surface area contributed by atoms with E-state index < -0.39 is 0 Å². The van der Waals surface area contributed by atoms with Gasteiger partial charge >= 0.3 is 5.97 Å².